The van der Waals surface area contributed by atoms with Crippen LogP contribution in [0, 0.1) is 12.8 Å². The van der Waals surface area contributed by atoms with E-state index in [1.807, 2.05) is 0 Å². The van der Waals surface area contributed by atoms with Gasteiger partial charge in [-0.15, -0.1) is 10.2 Å². The number of piperidine rings is 1. The van der Waals surface area contributed by atoms with E-state index in [2.05, 4.69) is 81.4 Å². The van der Waals surface area contributed by atoms with E-state index in [9.17, 15) is 0 Å². The number of aromatic nitrogens is 3. The quantitative estimate of drug-likeness (QED) is 0.696. The highest BCUT2D eigenvalue weighted by Gasteiger charge is 2.20. The standard InChI is InChI=1S/C21H27N5S/c1-16-9-12-25(13-10-16)20-23-24-21(27-20)26-11-5-8-19(26)15-22-14-18-7-4-3-6-17(18)2/h3-8,11,16,22H,9-10,12-15H2,1-2H3. The molecular formula is C21H27N5S. The maximum Gasteiger partial charge on any atom is 0.218 e. The van der Waals surface area contributed by atoms with Crippen LogP contribution in [0.3, 0.4) is 0 Å². The van der Waals surface area contributed by atoms with Gasteiger partial charge >= 0.3 is 0 Å². The van der Waals surface area contributed by atoms with E-state index >= 15 is 0 Å². The molecule has 5 nitrogen and oxygen atoms in total. The maximum atomic E-state index is 4.46. The Balaban J connectivity index is 1.41. The first-order chi connectivity index (χ1) is 13.2. The van der Waals surface area contributed by atoms with Gasteiger partial charge in [-0.05, 0) is 48.9 Å². The first-order valence-corrected chi connectivity index (χ1v) is 10.5. The van der Waals surface area contributed by atoms with E-state index in [1.54, 1.807) is 11.3 Å². The molecule has 27 heavy (non-hydrogen) atoms. The van der Waals surface area contributed by atoms with Gasteiger partial charge in [0.05, 0.1) is 0 Å². The SMILES string of the molecule is Cc1ccccc1CNCc1cccn1-c1nnc(N2CCC(C)CC2)s1. The van der Waals surface area contributed by atoms with Crippen LogP contribution in [0.25, 0.3) is 5.13 Å². The summed E-state index contributed by atoms with van der Waals surface area (Å²) in [6.45, 7) is 8.34. The number of aryl methyl sites for hydroxylation is 1. The fraction of sp³-hybridized carbons (Fsp3) is 0.429. The molecule has 2 aromatic heterocycles. The van der Waals surface area contributed by atoms with Gasteiger partial charge in [0.2, 0.25) is 10.3 Å². The molecule has 0 atom stereocenters. The highest BCUT2D eigenvalue weighted by Crippen LogP contribution is 2.28. The van der Waals surface area contributed by atoms with Crippen molar-refractivity contribution in [2.45, 2.75) is 39.8 Å². The number of hydrogen-bond donors (Lipinski definition) is 1. The summed E-state index contributed by atoms with van der Waals surface area (Å²) < 4.78 is 2.15. The van der Waals surface area contributed by atoms with E-state index < -0.39 is 0 Å². The van der Waals surface area contributed by atoms with Crippen LogP contribution in [-0.2, 0) is 13.1 Å². The van der Waals surface area contributed by atoms with Crippen molar-refractivity contribution >= 4 is 16.5 Å². The molecule has 1 aliphatic rings. The van der Waals surface area contributed by atoms with Gasteiger partial charge < -0.3 is 10.2 Å². The van der Waals surface area contributed by atoms with Gasteiger partial charge in [-0.3, -0.25) is 4.57 Å². The summed E-state index contributed by atoms with van der Waals surface area (Å²) in [7, 11) is 0. The minimum Gasteiger partial charge on any atom is -0.347 e. The molecule has 4 rings (SSSR count). The Morgan fingerprint density at radius 2 is 1.81 bits per heavy atom. The van der Waals surface area contributed by atoms with Gasteiger partial charge in [0.25, 0.3) is 0 Å². The summed E-state index contributed by atoms with van der Waals surface area (Å²) in [5.41, 5.74) is 3.87. The molecule has 142 valence electrons. The van der Waals surface area contributed by atoms with Gasteiger partial charge in [-0.1, -0.05) is 42.5 Å². The number of rotatable bonds is 6. The molecule has 0 spiro atoms. The molecule has 3 aromatic rings. The van der Waals surface area contributed by atoms with Crippen LogP contribution in [0.1, 0.15) is 36.6 Å². The number of hydrogen-bond acceptors (Lipinski definition) is 5. The Morgan fingerprint density at radius 3 is 2.63 bits per heavy atom. The topological polar surface area (TPSA) is 46.0 Å². The molecule has 0 unspecified atom stereocenters. The third-order valence-corrected chi connectivity index (χ3v) is 6.36. The Morgan fingerprint density at radius 1 is 1.04 bits per heavy atom. The van der Waals surface area contributed by atoms with Crippen molar-refractivity contribution in [1.82, 2.24) is 20.1 Å². The average Bonchev–Trinajstić information content (AvgIpc) is 3.33. The van der Waals surface area contributed by atoms with Crippen LogP contribution in [0.2, 0.25) is 0 Å². The monoisotopic (exact) mass is 381 g/mol. The molecule has 1 saturated heterocycles. The van der Waals surface area contributed by atoms with Crippen molar-refractivity contribution in [1.29, 1.82) is 0 Å². The van der Waals surface area contributed by atoms with Crippen molar-refractivity contribution in [3.8, 4) is 5.13 Å². The summed E-state index contributed by atoms with van der Waals surface area (Å²) in [6.07, 6.45) is 4.56. The zero-order valence-corrected chi connectivity index (χ0v) is 16.9. The first kappa shape index (κ1) is 18.2. The molecule has 0 saturated carbocycles. The molecule has 0 radical (unpaired) electrons. The van der Waals surface area contributed by atoms with E-state index in [4.69, 9.17) is 0 Å². The molecule has 1 N–H and O–H groups in total. The summed E-state index contributed by atoms with van der Waals surface area (Å²) in [5, 5.41) is 14.5. The zero-order valence-electron chi connectivity index (χ0n) is 16.1. The number of nitrogens with zero attached hydrogens (tertiary/aromatic N) is 4. The average molecular weight is 382 g/mol. The fourth-order valence-corrected chi connectivity index (χ4v) is 4.43. The van der Waals surface area contributed by atoms with Crippen LogP contribution < -0.4 is 10.2 Å². The second-order valence-electron chi connectivity index (χ2n) is 7.44. The zero-order chi connectivity index (χ0) is 18.6. The summed E-state index contributed by atoms with van der Waals surface area (Å²) >= 11 is 1.68. The predicted octanol–water partition coefficient (Wildman–Crippen LogP) is 4.16. The molecule has 3 heterocycles. The van der Waals surface area contributed by atoms with Crippen LogP contribution >= 0.6 is 11.3 Å². The molecule has 0 amide bonds. The van der Waals surface area contributed by atoms with Crippen molar-refractivity contribution < 1.29 is 0 Å². The lowest BCUT2D eigenvalue weighted by atomic mass is 10.00. The van der Waals surface area contributed by atoms with Crippen LogP contribution in [0.5, 0.6) is 0 Å². The van der Waals surface area contributed by atoms with Crippen LogP contribution in [0.4, 0.5) is 5.13 Å². The largest absolute Gasteiger partial charge is 0.347 e. The number of benzene rings is 1. The fourth-order valence-electron chi connectivity index (χ4n) is 3.51. The van der Waals surface area contributed by atoms with Gasteiger partial charge in [0.1, 0.15) is 0 Å². The van der Waals surface area contributed by atoms with Crippen LogP contribution in [0.15, 0.2) is 42.6 Å². The van der Waals surface area contributed by atoms with Gasteiger partial charge in [0, 0.05) is 38.1 Å². The summed E-state index contributed by atoms with van der Waals surface area (Å²) in [5.74, 6) is 0.823. The van der Waals surface area contributed by atoms with Crippen molar-refractivity contribution in [3.05, 3.63) is 59.4 Å². The van der Waals surface area contributed by atoms with Gasteiger partial charge in [-0.25, -0.2) is 0 Å². The third kappa shape index (κ3) is 4.22. The maximum absolute atomic E-state index is 4.46. The predicted molar refractivity (Wildman–Crippen MR) is 112 cm³/mol. The van der Waals surface area contributed by atoms with Crippen molar-refractivity contribution in [3.63, 3.8) is 0 Å². The van der Waals surface area contributed by atoms with Gasteiger partial charge in [-0.2, -0.15) is 0 Å². The highest BCUT2D eigenvalue weighted by atomic mass is 32.1. The second kappa shape index (κ2) is 8.23. The molecule has 1 aromatic carbocycles. The molecule has 0 aliphatic carbocycles. The Labute approximate surface area is 165 Å². The molecule has 1 aliphatic heterocycles. The Kier molecular flexibility index (Phi) is 5.55. The van der Waals surface area contributed by atoms with E-state index in [-0.39, 0.29) is 0 Å². The molecule has 0 bridgehead atoms. The minimum absolute atomic E-state index is 0.803. The second-order valence-corrected chi connectivity index (χ2v) is 8.37. The first-order valence-electron chi connectivity index (χ1n) is 9.71. The van der Waals surface area contributed by atoms with Crippen molar-refractivity contribution in [2.75, 3.05) is 18.0 Å². The lowest BCUT2D eigenvalue weighted by Crippen LogP contribution is -2.32. The lowest BCUT2D eigenvalue weighted by molar-refractivity contribution is 0.437. The van der Waals surface area contributed by atoms with E-state index in [0.29, 0.717) is 0 Å². The molecule has 6 heteroatoms. The lowest BCUT2D eigenvalue weighted by Gasteiger charge is -2.29. The highest BCUT2D eigenvalue weighted by molar-refractivity contribution is 7.17. The summed E-state index contributed by atoms with van der Waals surface area (Å²) in [4.78, 5) is 2.38. The van der Waals surface area contributed by atoms with Crippen molar-refractivity contribution in [2.24, 2.45) is 5.92 Å². The smallest absolute Gasteiger partial charge is 0.218 e. The van der Waals surface area contributed by atoms with Gasteiger partial charge in [0.15, 0.2) is 0 Å². The normalized spacial score (nSPS) is 15.4. The number of nitrogens with one attached hydrogen (secondary N) is 1. The van der Waals surface area contributed by atoms with E-state index in [0.717, 1.165) is 42.4 Å². The number of anilines is 1. The van der Waals surface area contributed by atoms with E-state index in [1.165, 1.54) is 29.7 Å². The minimum atomic E-state index is 0.803. The molecule has 1 fully saturated rings. The Hall–Kier alpha value is -2.18. The Bertz CT molecular complexity index is 876. The third-order valence-electron chi connectivity index (χ3n) is 5.38. The molecular weight excluding hydrogens is 354 g/mol. The summed E-state index contributed by atoms with van der Waals surface area (Å²) in [6, 6.07) is 12.7. The van der Waals surface area contributed by atoms with Crippen LogP contribution in [-0.4, -0.2) is 27.9 Å².